The molecule has 72 valence electrons. The second kappa shape index (κ2) is 4.28. The molecule has 0 aromatic heterocycles. The molecule has 0 saturated carbocycles. The summed E-state index contributed by atoms with van der Waals surface area (Å²) in [6.45, 7) is 4.35. The first-order chi connectivity index (χ1) is 6.09. The maximum absolute atomic E-state index is 6.01. The van der Waals surface area contributed by atoms with Crippen molar-refractivity contribution < 1.29 is 0 Å². The van der Waals surface area contributed by atoms with Crippen molar-refractivity contribution in [1.82, 2.24) is 0 Å². The Morgan fingerprint density at radius 3 is 2.54 bits per heavy atom. The van der Waals surface area contributed by atoms with E-state index in [9.17, 15) is 0 Å². The summed E-state index contributed by atoms with van der Waals surface area (Å²) in [7, 11) is 0. The van der Waals surface area contributed by atoms with Gasteiger partial charge in [-0.3, -0.25) is 0 Å². The van der Waals surface area contributed by atoms with Crippen LogP contribution in [-0.2, 0) is 0 Å². The lowest BCUT2D eigenvalue weighted by molar-refractivity contribution is 0.510. The van der Waals surface area contributed by atoms with Crippen LogP contribution in [0.15, 0.2) is 24.3 Å². The third-order valence-corrected chi connectivity index (χ3v) is 2.06. The van der Waals surface area contributed by atoms with Crippen LogP contribution in [0.4, 0.5) is 5.69 Å². The zero-order valence-corrected chi connectivity index (χ0v) is 8.33. The molecule has 1 aromatic rings. The summed E-state index contributed by atoms with van der Waals surface area (Å²) in [5, 5.41) is 0. The first kappa shape index (κ1) is 10.1. The Morgan fingerprint density at radius 1 is 1.31 bits per heavy atom. The molecule has 2 heteroatoms. The van der Waals surface area contributed by atoms with E-state index in [4.69, 9.17) is 11.5 Å². The van der Waals surface area contributed by atoms with Gasteiger partial charge in [0.25, 0.3) is 0 Å². The molecule has 0 heterocycles. The molecule has 0 spiro atoms. The van der Waals surface area contributed by atoms with Crippen LogP contribution in [0.3, 0.4) is 0 Å². The number of anilines is 1. The summed E-state index contributed by atoms with van der Waals surface area (Å²) in [6, 6.07) is 7.93. The second-order valence-electron chi connectivity index (χ2n) is 3.91. The molecular weight excluding hydrogens is 160 g/mol. The van der Waals surface area contributed by atoms with Gasteiger partial charge in [-0.2, -0.15) is 0 Å². The van der Waals surface area contributed by atoms with E-state index in [2.05, 4.69) is 13.8 Å². The fourth-order valence-electron chi connectivity index (χ4n) is 1.43. The molecule has 4 N–H and O–H groups in total. The molecule has 0 fully saturated rings. The number of nitrogen functional groups attached to an aromatic ring is 1. The lowest BCUT2D eigenvalue weighted by atomic mass is 9.98. The minimum atomic E-state index is 0.114. The summed E-state index contributed by atoms with van der Waals surface area (Å²) < 4.78 is 0. The van der Waals surface area contributed by atoms with E-state index in [1.54, 1.807) is 0 Å². The van der Waals surface area contributed by atoms with Crippen LogP contribution in [0.5, 0.6) is 0 Å². The molecule has 0 amide bonds. The highest BCUT2D eigenvalue weighted by atomic mass is 14.6. The molecule has 0 saturated heterocycles. The van der Waals surface area contributed by atoms with E-state index in [0.29, 0.717) is 5.92 Å². The smallest absolute Gasteiger partial charge is 0.0317 e. The highest BCUT2D eigenvalue weighted by molar-refractivity contribution is 5.41. The van der Waals surface area contributed by atoms with E-state index >= 15 is 0 Å². The van der Waals surface area contributed by atoms with Gasteiger partial charge < -0.3 is 11.5 Å². The van der Waals surface area contributed by atoms with Gasteiger partial charge in [0.05, 0.1) is 0 Å². The third kappa shape index (κ3) is 3.07. The average molecular weight is 178 g/mol. The van der Waals surface area contributed by atoms with Crippen molar-refractivity contribution in [3.05, 3.63) is 29.8 Å². The summed E-state index contributed by atoms with van der Waals surface area (Å²) in [5.41, 5.74) is 13.6. The number of benzene rings is 1. The van der Waals surface area contributed by atoms with E-state index in [1.807, 2.05) is 24.3 Å². The summed E-state index contributed by atoms with van der Waals surface area (Å²) in [4.78, 5) is 0. The van der Waals surface area contributed by atoms with Crippen LogP contribution in [0.1, 0.15) is 31.9 Å². The van der Waals surface area contributed by atoms with Crippen molar-refractivity contribution in [2.24, 2.45) is 11.7 Å². The van der Waals surface area contributed by atoms with Gasteiger partial charge in [-0.15, -0.1) is 0 Å². The Bertz CT molecular complexity index is 269. The molecule has 0 aliphatic heterocycles. The highest BCUT2D eigenvalue weighted by Gasteiger charge is 2.07. The van der Waals surface area contributed by atoms with Gasteiger partial charge in [0.15, 0.2) is 0 Å². The van der Waals surface area contributed by atoms with E-state index in [0.717, 1.165) is 17.7 Å². The molecular formula is C11H18N2. The van der Waals surface area contributed by atoms with Crippen molar-refractivity contribution in [3.63, 3.8) is 0 Å². The predicted molar refractivity (Wildman–Crippen MR) is 57.2 cm³/mol. The Kier molecular flexibility index (Phi) is 3.32. The Balaban J connectivity index is 2.71. The molecule has 0 aliphatic rings. The molecule has 13 heavy (non-hydrogen) atoms. The van der Waals surface area contributed by atoms with Crippen LogP contribution in [-0.4, -0.2) is 0 Å². The fourth-order valence-corrected chi connectivity index (χ4v) is 1.43. The molecule has 1 rings (SSSR count). The predicted octanol–water partition coefficient (Wildman–Crippen LogP) is 2.31. The zero-order valence-electron chi connectivity index (χ0n) is 8.33. The van der Waals surface area contributed by atoms with Gasteiger partial charge >= 0.3 is 0 Å². The quantitative estimate of drug-likeness (QED) is 0.698. The number of hydrogen-bond donors (Lipinski definition) is 2. The van der Waals surface area contributed by atoms with Crippen molar-refractivity contribution in [2.45, 2.75) is 26.3 Å². The molecule has 1 atom stereocenters. The third-order valence-electron chi connectivity index (χ3n) is 2.06. The number of nitrogens with two attached hydrogens (primary N) is 2. The van der Waals surface area contributed by atoms with E-state index < -0.39 is 0 Å². The monoisotopic (exact) mass is 178 g/mol. The Labute approximate surface area is 79.9 Å². The zero-order chi connectivity index (χ0) is 9.84. The van der Waals surface area contributed by atoms with Crippen molar-refractivity contribution in [2.75, 3.05) is 5.73 Å². The van der Waals surface area contributed by atoms with E-state index in [1.165, 1.54) is 0 Å². The molecule has 1 unspecified atom stereocenters. The van der Waals surface area contributed by atoms with Crippen LogP contribution >= 0.6 is 0 Å². The van der Waals surface area contributed by atoms with Crippen LogP contribution in [0.25, 0.3) is 0 Å². The first-order valence-electron chi connectivity index (χ1n) is 4.70. The fraction of sp³-hybridized carbons (Fsp3) is 0.455. The average Bonchev–Trinajstić information content (AvgIpc) is 2.03. The SMILES string of the molecule is CC(C)CC(N)c1cccc(N)c1. The molecule has 2 nitrogen and oxygen atoms in total. The summed E-state index contributed by atoms with van der Waals surface area (Å²) in [5.74, 6) is 0.622. The van der Waals surface area contributed by atoms with Crippen LogP contribution in [0.2, 0.25) is 0 Å². The first-order valence-corrected chi connectivity index (χ1v) is 4.70. The molecule has 0 aliphatic carbocycles. The molecule has 0 radical (unpaired) electrons. The summed E-state index contributed by atoms with van der Waals surface area (Å²) >= 11 is 0. The minimum absolute atomic E-state index is 0.114. The van der Waals surface area contributed by atoms with Crippen molar-refractivity contribution in [3.8, 4) is 0 Å². The van der Waals surface area contributed by atoms with Gasteiger partial charge in [-0.05, 0) is 30.0 Å². The van der Waals surface area contributed by atoms with Gasteiger partial charge in [0.2, 0.25) is 0 Å². The lowest BCUT2D eigenvalue weighted by Crippen LogP contribution is -2.12. The molecule has 0 bridgehead atoms. The Hall–Kier alpha value is -1.02. The maximum atomic E-state index is 6.01. The number of rotatable bonds is 3. The second-order valence-corrected chi connectivity index (χ2v) is 3.91. The van der Waals surface area contributed by atoms with Gasteiger partial charge in [-0.25, -0.2) is 0 Å². The standard InChI is InChI=1S/C11H18N2/c1-8(2)6-11(13)9-4-3-5-10(12)7-9/h3-5,7-8,11H,6,12-13H2,1-2H3. The Morgan fingerprint density at radius 2 is 2.00 bits per heavy atom. The topological polar surface area (TPSA) is 52.0 Å². The van der Waals surface area contributed by atoms with Crippen molar-refractivity contribution in [1.29, 1.82) is 0 Å². The van der Waals surface area contributed by atoms with Crippen molar-refractivity contribution >= 4 is 5.69 Å². The molecule has 1 aromatic carbocycles. The number of hydrogen-bond acceptors (Lipinski definition) is 2. The highest BCUT2D eigenvalue weighted by Crippen LogP contribution is 2.19. The van der Waals surface area contributed by atoms with Crippen LogP contribution in [0, 0.1) is 5.92 Å². The van der Waals surface area contributed by atoms with Gasteiger partial charge in [0, 0.05) is 11.7 Å². The largest absolute Gasteiger partial charge is 0.399 e. The lowest BCUT2D eigenvalue weighted by Gasteiger charge is -2.14. The van der Waals surface area contributed by atoms with Gasteiger partial charge in [0.1, 0.15) is 0 Å². The summed E-state index contributed by atoms with van der Waals surface area (Å²) in [6.07, 6.45) is 1.00. The normalized spacial score (nSPS) is 13.2. The van der Waals surface area contributed by atoms with Crippen LogP contribution < -0.4 is 11.5 Å². The van der Waals surface area contributed by atoms with E-state index in [-0.39, 0.29) is 6.04 Å². The minimum Gasteiger partial charge on any atom is -0.399 e. The maximum Gasteiger partial charge on any atom is 0.0317 e. The van der Waals surface area contributed by atoms with Gasteiger partial charge in [-0.1, -0.05) is 26.0 Å².